The van der Waals surface area contributed by atoms with Gasteiger partial charge in [-0.1, -0.05) is 13.8 Å². The number of nitrogens with zero attached hydrogens (tertiary/aromatic N) is 1. The summed E-state index contributed by atoms with van der Waals surface area (Å²) in [7, 11) is 0. The van der Waals surface area contributed by atoms with Gasteiger partial charge in [0.05, 0.1) is 0 Å². The number of anilines is 1. The lowest BCUT2D eigenvalue weighted by atomic mass is 10.1. The second-order valence-corrected chi connectivity index (χ2v) is 4.86. The summed E-state index contributed by atoms with van der Waals surface area (Å²) in [6.07, 6.45) is 1.08. The quantitative estimate of drug-likeness (QED) is 0.753. The van der Waals surface area contributed by atoms with Crippen LogP contribution in [0.25, 0.3) is 0 Å². The van der Waals surface area contributed by atoms with E-state index in [1.54, 1.807) is 6.92 Å². The fraction of sp³-hybridized carbons (Fsp3) is 0.533. The van der Waals surface area contributed by atoms with Crippen LogP contribution in [0.3, 0.4) is 0 Å². The Labute approximate surface area is 120 Å². The molecule has 112 valence electrons. The van der Waals surface area contributed by atoms with E-state index in [0.29, 0.717) is 17.8 Å². The molecule has 0 saturated heterocycles. The zero-order valence-electron chi connectivity index (χ0n) is 12.5. The van der Waals surface area contributed by atoms with E-state index >= 15 is 0 Å². The number of hydrogen-bond donors (Lipinski definition) is 2. The number of likely N-dealkylation sites (N-methyl/N-ethyl adjacent to an activating group) is 1. The highest BCUT2D eigenvalue weighted by Crippen LogP contribution is 2.17. The van der Waals surface area contributed by atoms with Crippen LogP contribution in [0.4, 0.5) is 10.1 Å². The van der Waals surface area contributed by atoms with Gasteiger partial charge in [-0.2, -0.15) is 0 Å². The SMILES string of the molecule is CCCN(CC)CCNC(=O)c1cc(N)c(C)c(F)c1. The van der Waals surface area contributed by atoms with Crippen LogP contribution in [-0.4, -0.2) is 37.0 Å². The third-order valence-electron chi connectivity index (χ3n) is 3.35. The Balaban J connectivity index is 2.55. The first-order valence-corrected chi connectivity index (χ1v) is 7.05. The fourth-order valence-electron chi connectivity index (χ4n) is 2.01. The maximum absolute atomic E-state index is 13.5. The molecule has 3 N–H and O–H groups in total. The number of carbonyl (C=O) groups is 1. The standard InChI is InChI=1S/C15H24FN3O/c1-4-7-19(5-2)8-6-18-15(20)12-9-13(16)11(3)14(17)10-12/h9-10H,4-8,17H2,1-3H3,(H,18,20). The second kappa shape index (κ2) is 7.85. The Morgan fingerprint density at radius 2 is 2.05 bits per heavy atom. The van der Waals surface area contributed by atoms with Gasteiger partial charge >= 0.3 is 0 Å². The van der Waals surface area contributed by atoms with Gasteiger partial charge in [0, 0.05) is 29.9 Å². The second-order valence-electron chi connectivity index (χ2n) is 4.86. The molecular formula is C15H24FN3O. The van der Waals surface area contributed by atoms with Crippen molar-refractivity contribution in [2.75, 3.05) is 31.9 Å². The first-order chi connectivity index (χ1) is 9.49. The Kier molecular flexibility index (Phi) is 6.45. The fourth-order valence-corrected chi connectivity index (χ4v) is 2.01. The van der Waals surface area contributed by atoms with Gasteiger partial charge in [-0.15, -0.1) is 0 Å². The van der Waals surface area contributed by atoms with Crippen molar-refractivity contribution in [3.05, 3.63) is 29.1 Å². The largest absolute Gasteiger partial charge is 0.398 e. The van der Waals surface area contributed by atoms with E-state index in [2.05, 4.69) is 24.1 Å². The van der Waals surface area contributed by atoms with Gasteiger partial charge in [0.25, 0.3) is 5.91 Å². The minimum absolute atomic E-state index is 0.268. The van der Waals surface area contributed by atoms with Crippen LogP contribution in [0.15, 0.2) is 12.1 Å². The number of rotatable bonds is 7. The van der Waals surface area contributed by atoms with E-state index in [-0.39, 0.29) is 11.5 Å². The van der Waals surface area contributed by atoms with Crippen molar-refractivity contribution in [2.24, 2.45) is 0 Å². The smallest absolute Gasteiger partial charge is 0.251 e. The highest BCUT2D eigenvalue weighted by atomic mass is 19.1. The molecule has 1 aromatic carbocycles. The third-order valence-corrected chi connectivity index (χ3v) is 3.35. The Bertz CT molecular complexity index is 439. The first-order valence-electron chi connectivity index (χ1n) is 7.05. The molecule has 0 aromatic heterocycles. The summed E-state index contributed by atoms with van der Waals surface area (Å²) < 4.78 is 13.5. The molecule has 1 amide bonds. The topological polar surface area (TPSA) is 58.4 Å². The van der Waals surface area contributed by atoms with E-state index in [0.717, 1.165) is 26.1 Å². The van der Waals surface area contributed by atoms with Gasteiger partial charge in [0.1, 0.15) is 5.82 Å². The number of halogens is 1. The number of nitrogens with two attached hydrogens (primary N) is 1. The maximum Gasteiger partial charge on any atom is 0.251 e. The lowest BCUT2D eigenvalue weighted by Gasteiger charge is -2.19. The molecule has 5 heteroatoms. The van der Waals surface area contributed by atoms with Gasteiger partial charge in [-0.3, -0.25) is 4.79 Å². The van der Waals surface area contributed by atoms with E-state index in [1.165, 1.54) is 12.1 Å². The number of benzene rings is 1. The van der Waals surface area contributed by atoms with Gasteiger partial charge in [0.2, 0.25) is 0 Å². The summed E-state index contributed by atoms with van der Waals surface area (Å²) in [6, 6.07) is 2.74. The molecule has 0 aliphatic heterocycles. The van der Waals surface area contributed by atoms with E-state index in [4.69, 9.17) is 5.73 Å². The summed E-state index contributed by atoms with van der Waals surface area (Å²) in [5, 5.41) is 2.79. The predicted octanol–water partition coefficient (Wildman–Crippen LogP) is 2.18. The van der Waals surface area contributed by atoms with E-state index in [1.807, 2.05) is 0 Å². The van der Waals surface area contributed by atoms with Crippen LogP contribution in [0.2, 0.25) is 0 Å². The van der Waals surface area contributed by atoms with Crippen molar-refractivity contribution in [1.82, 2.24) is 10.2 Å². The van der Waals surface area contributed by atoms with Crippen LogP contribution in [0.1, 0.15) is 36.2 Å². The summed E-state index contributed by atoms with van der Waals surface area (Å²) in [5.41, 5.74) is 6.62. The molecule has 4 nitrogen and oxygen atoms in total. The summed E-state index contributed by atoms with van der Waals surface area (Å²) in [4.78, 5) is 14.2. The molecule has 0 fully saturated rings. The summed E-state index contributed by atoms with van der Waals surface area (Å²) in [6.45, 7) is 9.11. The summed E-state index contributed by atoms with van der Waals surface area (Å²) in [5.74, 6) is -0.737. The lowest BCUT2D eigenvalue weighted by molar-refractivity contribution is 0.0948. The number of amides is 1. The first kappa shape index (κ1) is 16.4. The van der Waals surface area contributed by atoms with Gasteiger partial charge < -0.3 is 16.0 Å². The highest BCUT2D eigenvalue weighted by molar-refractivity contribution is 5.95. The molecular weight excluding hydrogens is 257 g/mol. The van der Waals surface area contributed by atoms with Crippen LogP contribution in [0, 0.1) is 12.7 Å². The number of nitrogen functional groups attached to an aromatic ring is 1. The molecule has 0 spiro atoms. The average Bonchev–Trinajstić information content (AvgIpc) is 2.43. The molecule has 0 aliphatic carbocycles. The van der Waals surface area contributed by atoms with E-state index < -0.39 is 5.82 Å². The zero-order chi connectivity index (χ0) is 15.1. The maximum atomic E-state index is 13.5. The van der Waals surface area contributed by atoms with Crippen molar-refractivity contribution >= 4 is 11.6 Å². The lowest BCUT2D eigenvalue weighted by Crippen LogP contribution is -2.35. The molecule has 1 rings (SSSR count). The van der Waals surface area contributed by atoms with Crippen LogP contribution in [-0.2, 0) is 0 Å². The van der Waals surface area contributed by atoms with Gasteiger partial charge in [-0.25, -0.2) is 4.39 Å². The molecule has 0 unspecified atom stereocenters. The minimum atomic E-state index is -0.448. The molecule has 0 saturated carbocycles. The van der Waals surface area contributed by atoms with Crippen LogP contribution in [0.5, 0.6) is 0 Å². The highest BCUT2D eigenvalue weighted by Gasteiger charge is 2.11. The Hall–Kier alpha value is -1.62. The molecule has 0 heterocycles. The predicted molar refractivity (Wildman–Crippen MR) is 80.3 cm³/mol. The van der Waals surface area contributed by atoms with Crippen molar-refractivity contribution in [3.8, 4) is 0 Å². The molecule has 0 aliphatic rings. The monoisotopic (exact) mass is 281 g/mol. The van der Waals surface area contributed by atoms with Crippen molar-refractivity contribution in [2.45, 2.75) is 27.2 Å². The zero-order valence-corrected chi connectivity index (χ0v) is 12.5. The third kappa shape index (κ3) is 4.49. The van der Waals surface area contributed by atoms with Crippen molar-refractivity contribution in [3.63, 3.8) is 0 Å². The number of carbonyl (C=O) groups excluding carboxylic acids is 1. The van der Waals surface area contributed by atoms with Crippen LogP contribution >= 0.6 is 0 Å². The normalized spacial score (nSPS) is 10.8. The minimum Gasteiger partial charge on any atom is -0.398 e. The summed E-state index contributed by atoms with van der Waals surface area (Å²) >= 11 is 0. The molecule has 0 atom stereocenters. The average molecular weight is 281 g/mol. The molecule has 0 radical (unpaired) electrons. The molecule has 0 bridgehead atoms. The van der Waals surface area contributed by atoms with E-state index in [9.17, 15) is 9.18 Å². The Morgan fingerprint density at radius 1 is 1.35 bits per heavy atom. The Morgan fingerprint density at radius 3 is 2.60 bits per heavy atom. The van der Waals surface area contributed by atoms with Gasteiger partial charge in [0.15, 0.2) is 0 Å². The number of nitrogens with one attached hydrogen (secondary N) is 1. The van der Waals surface area contributed by atoms with Crippen molar-refractivity contribution in [1.29, 1.82) is 0 Å². The number of hydrogen-bond acceptors (Lipinski definition) is 3. The molecule has 20 heavy (non-hydrogen) atoms. The van der Waals surface area contributed by atoms with Gasteiger partial charge in [-0.05, 0) is 38.6 Å². The van der Waals surface area contributed by atoms with Crippen LogP contribution < -0.4 is 11.1 Å². The van der Waals surface area contributed by atoms with Crippen molar-refractivity contribution < 1.29 is 9.18 Å². The molecule has 1 aromatic rings.